The number of nitrogen functional groups attached to an aromatic ring is 1. The molecule has 2 aromatic rings. The number of nitrogens with one attached hydrogen (secondary N) is 1. The molecular weight excluding hydrogens is 524 g/mol. The van der Waals surface area contributed by atoms with Crippen LogP contribution in [-0.2, 0) is 11.8 Å². The van der Waals surface area contributed by atoms with Crippen LogP contribution in [0.3, 0.4) is 0 Å². The van der Waals surface area contributed by atoms with Crippen molar-refractivity contribution >= 4 is 28.0 Å². The molecule has 0 saturated carbocycles. The van der Waals surface area contributed by atoms with Gasteiger partial charge in [-0.1, -0.05) is 0 Å². The first kappa shape index (κ1) is 26.0. The average molecular weight is 556 g/mol. The number of nitriles is 2. The summed E-state index contributed by atoms with van der Waals surface area (Å²) < 4.78 is 34.5. The molecule has 13 heteroatoms. The van der Waals surface area contributed by atoms with Crippen molar-refractivity contribution in [2.24, 2.45) is 0 Å². The highest BCUT2D eigenvalue weighted by Crippen LogP contribution is 2.53. The summed E-state index contributed by atoms with van der Waals surface area (Å²) in [5.41, 5.74) is 7.79. The summed E-state index contributed by atoms with van der Waals surface area (Å²) in [5, 5.41) is 24.1. The zero-order valence-electron chi connectivity index (χ0n) is 22.0. The Kier molecular flexibility index (Phi) is 6.29. The Morgan fingerprint density at radius 3 is 2.38 bits per heavy atom. The highest BCUT2D eigenvalue weighted by atomic mass is 32.1. The van der Waals surface area contributed by atoms with Crippen molar-refractivity contribution < 1.29 is 13.5 Å². The molecule has 2 aromatic heterocycles. The van der Waals surface area contributed by atoms with Crippen LogP contribution in [0.5, 0.6) is 6.01 Å². The highest BCUT2D eigenvalue weighted by molar-refractivity contribution is 7.16. The van der Waals surface area contributed by atoms with Gasteiger partial charge < -0.3 is 30.5 Å². The first-order chi connectivity index (χ1) is 18.6. The summed E-state index contributed by atoms with van der Waals surface area (Å²) in [6.45, 7) is 1.12. The third-order valence-electron chi connectivity index (χ3n) is 8.21. The van der Waals surface area contributed by atoms with Gasteiger partial charge in [-0.05, 0) is 45.3 Å². The Bertz CT molecular complexity index is 1360. The molecule has 0 radical (unpaired) electrons. The molecule has 1 spiro atoms. The second-order valence-corrected chi connectivity index (χ2v) is 12.6. The van der Waals surface area contributed by atoms with E-state index >= 15 is 0 Å². The number of nitrogens with two attached hydrogens (primary N) is 1. The van der Waals surface area contributed by atoms with Crippen molar-refractivity contribution in [2.75, 3.05) is 69.0 Å². The zero-order chi connectivity index (χ0) is 27.5. The third kappa shape index (κ3) is 4.52. The topological polar surface area (TPSA) is 130 Å². The van der Waals surface area contributed by atoms with E-state index in [2.05, 4.69) is 32.3 Å². The van der Waals surface area contributed by atoms with Crippen molar-refractivity contribution in [3.8, 4) is 18.1 Å². The van der Waals surface area contributed by atoms with Gasteiger partial charge in [0.15, 0.2) is 18.2 Å². The second-order valence-electron chi connectivity index (χ2n) is 11.5. The lowest BCUT2D eigenvalue weighted by Gasteiger charge is -2.49. The van der Waals surface area contributed by atoms with Gasteiger partial charge in [-0.3, -0.25) is 0 Å². The number of nitrogens with zero attached hydrogens (tertiary/aromatic N) is 7. The summed E-state index contributed by atoms with van der Waals surface area (Å²) >= 11 is 1.48. The largest absolute Gasteiger partial charge is 0.457 e. The number of ether oxygens (including phenoxy) is 1. The summed E-state index contributed by atoms with van der Waals surface area (Å²) in [5.74, 6) is -2.28. The molecule has 3 aliphatic heterocycles. The number of rotatable bonds is 7. The van der Waals surface area contributed by atoms with E-state index in [4.69, 9.17) is 10.5 Å². The number of hydrogen-bond donors (Lipinski definition) is 2. The summed E-state index contributed by atoms with van der Waals surface area (Å²) in [4.78, 5) is 15.6. The van der Waals surface area contributed by atoms with Gasteiger partial charge >= 0.3 is 6.01 Å². The van der Waals surface area contributed by atoms with Gasteiger partial charge in [-0.25, -0.2) is 8.78 Å². The maximum Gasteiger partial charge on any atom is 0.320 e. The van der Waals surface area contributed by atoms with Gasteiger partial charge in [0.1, 0.15) is 22.7 Å². The predicted molar refractivity (Wildman–Crippen MR) is 144 cm³/mol. The van der Waals surface area contributed by atoms with Crippen LogP contribution in [-0.4, -0.2) is 86.3 Å². The van der Waals surface area contributed by atoms with E-state index in [0.717, 1.165) is 36.1 Å². The first-order valence-electron chi connectivity index (χ1n) is 13.2. The molecule has 3 fully saturated rings. The van der Waals surface area contributed by atoms with Gasteiger partial charge in [0.2, 0.25) is 0 Å². The Balaban J connectivity index is 1.33. The van der Waals surface area contributed by atoms with E-state index < -0.39 is 19.1 Å². The van der Waals surface area contributed by atoms with Crippen LogP contribution in [0.2, 0.25) is 0 Å². The van der Waals surface area contributed by atoms with E-state index in [1.807, 2.05) is 4.90 Å². The molecule has 2 atom stereocenters. The lowest BCUT2D eigenvalue weighted by molar-refractivity contribution is -0.0592. The third-order valence-corrected chi connectivity index (χ3v) is 9.28. The van der Waals surface area contributed by atoms with Crippen LogP contribution in [0.15, 0.2) is 0 Å². The Morgan fingerprint density at radius 2 is 1.77 bits per heavy atom. The molecule has 4 aliphatic rings. The molecule has 0 amide bonds. The fourth-order valence-corrected chi connectivity index (χ4v) is 7.80. The van der Waals surface area contributed by atoms with Crippen LogP contribution < -0.4 is 25.6 Å². The highest BCUT2D eigenvalue weighted by Gasteiger charge is 2.52. The molecule has 2 bridgehead atoms. The normalized spacial score (nSPS) is 23.1. The number of thiophene rings is 1. The number of anilines is 3. The Hall–Kier alpha value is -3.26. The molecule has 2 unspecified atom stereocenters. The standard InChI is InChI=1S/C26H31F2N9OS/c1-35(2)13-26(27,28)14-38-24-33-22(36-9-15-3-4-16(10-36)32-15)18(8-30)23(34-24)37-11-25(12-37)6-5-19-20(25)17(7-29)21(31)39-19/h15-16,32H,3-6,9-14,31H2,1-2H3. The molecule has 6 rings (SSSR count). The minimum atomic E-state index is -3.09. The van der Waals surface area contributed by atoms with Crippen LogP contribution in [0, 0.1) is 22.7 Å². The zero-order valence-corrected chi connectivity index (χ0v) is 22.8. The van der Waals surface area contributed by atoms with Crippen molar-refractivity contribution in [1.82, 2.24) is 20.2 Å². The summed E-state index contributed by atoms with van der Waals surface area (Å²) in [7, 11) is 3.15. The lowest BCUT2D eigenvalue weighted by Crippen LogP contribution is -2.59. The van der Waals surface area contributed by atoms with Gasteiger partial charge in [0, 0.05) is 48.6 Å². The smallest absolute Gasteiger partial charge is 0.320 e. The van der Waals surface area contributed by atoms with E-state index in [1.165, 1.54) is 16.2 Å². The van der Waals surface area contributed by atoms with Crippen LogP contribution in [0.4, 0.5) is 25.4 Å². The van der Waals surface area contributed by atoms with Crippen molar-refractivity contribution in [3.63, 3.8) is 0 Å². The van der Waals surface area contributed by atoms with Crippen LogP contribution in [0.1, 0.15) is 40.8 Å². The maximum absolute atomic E-state index is 14.5. The van der Waals surface area contributed by atoms with Crippen molar-refractivity contribution in [3.05, 3.63) is 21.6 Å². The van der Waals surface area contributed by atoms with Crippen molar-refractivity contribution in [2.45, 2.75) is 49.1 Å². The monoisotopic (exact) mass is 555 g/mol. The van der Waals surface area contributed by atoms with Gasteiger partial charge in [-0.15, -0.1) is 11.3 Å². The fraction of sp³-hybridized carbons (Fsp3) is 0.615. The summed E-state index contributed by atoms with van der Waals surface area (Å²) in [6.07, 6.45) is 3.84. The molecule has 1 aliphatic carbocycles. The maximum atomic E-state index is 14.5. The van der Waals surface area contributed by atoms with E-state index in [-0.39, 0.29) is 11.4 Å². The average Bonchev–Trinajstić information content (AvgIpc) is 3.50. The molecule has 206 valence electrons. The van der Waals surface area contributed by atoms with Crippen molar-refractivity contribution in [1.29, 1.82) is 10.5 Å². The Labute approximate surface area is 230 Å². The number of piperazine rings is 1. The fourth-order valence-electron chi connectivity index (χ4n) is 6.66. The number of halogens is 2. The number of aromatic nitrogens is 2. The summed E-state index contributed by atoms with van der Waals surface area (Å²) in [6, 6.07) is 5.00. The van der Waals surface area contributed by atoms with Crippen LogP contribution >= 0.6 is 11.3 Å². The minimum Gasteiger partial charge on any atom is -0.457 e. The van der Waals surface area contributed by atoms with Gasteiger partial charge in [-0.2, -0.15) is 20.5 Å². The molecule has 39 heavy (non-hydrogen) atoms. The van der Waals surface area contributed by atoms with Gasteiger partial charge in [0.25, 0.3) is 5.92 Å². The number of hydrogen-bond acceptors (Lipinski definition) is 11. The first-order valence-corrected chi connectivity index (χ1v) is 14.0. The molecule has 0 aromatic carbocycles. The number of alkyl halides is 2. The van der Waals surface area contributed by atoms with Gasteiger partial charge in [0.05, 0.1) is 12.1 Å². The quantitative estimate of drug-likeness (QED) is 0.524. The molecule has 10 nitrogen and oxygen atoms in total. The van der Waals surface area contributed by atoms with E-state index in [1.54, 1.807) is 14.1 Å². The number of aryl methyl sites for hydroxylation is 1. The minimum absolute atomic E-state index is 0.158. The van der Waals surface area contributed by atoms with E-state index in [9.17, 15) is 19.3 Å². The molecule has 3 saturated heterocycles. The number of fused-ring (bicyclic) bond motifs is 4. The predicted octanol–water partition coefficient (Wildman–Crippen LogP) is 2.08. The molecule has 5 heterocycles. The molecular formula is C26H31F2N9OS. The SMILES string of the molecule is CN(C)CC(F)(F)COc1nc(N2CC3CCC(C2)N3)c(C#N)c(N2CC3(CCc4sc(N)c(C#N)c43)C2)n1. The Morgan fingerprint density at radius 1 is 1.13 bits per heavy atom. The lowest BCUT2D eigenvalue weighted by atomic mass is 9.74. The van der Waals surface area contributed by atoms with E-state index in [0.29, 0.717) is 66.0 Å². The van der Waals surface area contributed by atoms with Crippen LogP contribution in [0.25, 0.3) is 0 Å². The second kappa shape index (κ2) is 9.44. The molecule has 3 N–H and O–H groups in total.